The third-order valence-corrected chi connectivity index (χ3v) is 5.98. The molecule has 0 aromatic heterocycles. The van der Waals surface area contributed by atoms with Crippen LogP contribution in [0.5, 0.6) is 0 Å². The maximum Gasteiger partial charge on any atom is 0.155 e. The summed E-state index contributed by atoms with van der Waals surface area (Å²) in [6.45, 7) is 2.58. The number of nitrogens with zero attached hydrogens (tertiary/aromatic N) is 1. The maximum atomic E-state index is 14.3. The minimum Gasteiger partial charge on any atom is -0.383 e. The van der Waals surface area contributed by atoms with Crippen LogP contribution in [0.15, 0.2) is 27.7 Å². The first kappa shape index (κ1) is 14.4. The molecule has 0 bridgehead atoms. The van der Waals surface area contributed by atoms with Crippen LogP contribution in [-0.4, -0.2) is 23.6 Å². The number of aliphatic imine (C=N–C) groups is 1. The largest absolute Gasteiger partial charge is 0.383 e. The molecule has 0 saturated heterocycles. The molecule has 0 spiro atoms. The van der Waals surface area contributed by atoms with Crippen molar-refractivity contribution in [2.24, 2.45) is 16.6 Å². The van der Waals surface area contributed by atoms with E-state index >= 15 is 0 Å². The average Bonchev–Trinajstić information content (AvgIpc) is 3.07. The van der Waals surface area contributed by atoms with Gasteiger partial charge in [-0.15, -0.1) is 0 Å². The lowest BCUT2D eigenvalue weighted by Crippen LogP contribution is -2.37. The van der Waals surface area contributed by atoms with Gasteiger partial charge in [-0.25, -0.2) is 4.39 Å². The van der Waals surface area contributed by atoms with Crippen LogP contribution in [0.2, 0.25) is 0 Å². The van der Waals surface area contributed by atoms with E-state index in [-0.39, 0.29) is 16.5 Å². The molecule has 3 rings (SSSR count). The number of nitrogens with two attached hydrogens (primary N) is 1. The number of halogens is 2. The number of benzene rings is 1. The molecule has 1 saturated carbocycles. The Kier molecular flexibility index (Phi) is 3.38. The molecular weight excluding hydrogens is 343 g/mol. The predicted octanol–water partition coefficient (Wildman–Crippen LogP) is 3.27. The van der Waals surface area contributed by atoms with E-state index in [4.69, 9.17) is 10.5 Å². The van der Waals surface area contributed by atoms with E-state index in [1.165, 1.54) is 6.07 Å². The van der Waals surface area contributed by atoms with Crippen molar-refractivity contribution in [1.29, 1.82) is 0 Å². The lowest BCUT2D eigenvalue weighted by atomic mass is 9.86. The number of thioether (sulfide) groups is 1. The highest BCUT2D eigenvalue weighted by molar-refractivity contribution is 9.10. The fourth-order valence-corrected chi connectivity index (χ4v) is 5.03. The van der Waals surface area contributed by atoms with E-state index in [2.05, 4.69) is 20.9 Å². The number of ether oxygens (including phenoxy) is 1. The van der Waals surface area contributed by atoms with Crippen molar-refractivity contribution in [3.8, 4) is 0 Å². The molecule has 1 unspecified atom stereocenters. The van der Waals surface area contributed by atoms with E-state index in [1.807, 2.05) is 6.92 Å². The summed E-state index contributed by atoms with van der Waals surface area (Å²) in [6.07, 6.45) is 0.943. The first-order valence-corrected chi connectivity index (χ1v) is 8.01. The Morgan fingerprint density at radius 2 is 2.35 bits per heavy atom. The fourth-order valence-electron chi connectivity index (χ4n) is 3.21. The van der Waals surface area contributed by atoms with Gasteiger partial charge in [0, 0.05) is 23.1 Å². The summed E-state index contributed by atoms with van der Waals surface area (Å²) in [4.78, 5) is 4.58. The zero-order chi connectivity index (χ0) is 14.5. The summed E-state index contributed by atoms with van der Waals surface area (Å²) in [5.74, 6) is 0.00779. The molecule has 1 aromatic rings. The number of hydrogen-bond acceptors (Lipinski definition) is 4. The van der Waals surface area contributed by atoms with E-state index in [0.29, 0.717) is 17.3 Å². The van der Waals surface area contributed by atoms with E-state index in [1.54, 1.807) is 31.0 Å². The highest BCUT2D eigenvalue weighted by Crippen LogP contribution is 2.65. The Morgan fingerprint density at radius 1 is 1.60 bits per heavy atom. The summed E-state index contributed by atoms with van der Waals surface area (Å²) in [6, 6.07) is 4.97. The molecule has 3 nitrogen and oxygen atoms in total. The lowest BCUT2D eigenvalue weighted by molar-refractivity contribution is 0.184. The van der Waals surface area contributed by atoms with Crippen LogP contribution in [0.1, 0.15) is 18.9 Å². The Hall–Kier alpha value is -0.590. The van der Waals surface area contributed by atoms with Crippen molar-refractivity contribution < 1.29 is 9.13 Å². The zero-order valence-electron chi connectivity index (χ0n) is 11.3. The smallest absolute Gasteiger partial charge is 0.155 e. The SMILES string of the molecule is COC[C@]12CC1[C@@](C)(c1cc(Br)ccc1F)N=C(N)S2. The summed E-state index contributed by atoms with van der Waals surface area (Å²) in [5.41, 5.74) is 5.96. The topological polar surface area (TPSA) is 47.6 Å². The lowest BCUT2D eigenvalue weighted by Gasteiger charge is -2.34. The Balaban J connectivity index is 2.07. The van der Waals surface area contributed by atoms with Gasteiger partial charge >= 0.3 is 0 Å². The molecule has 1 aliphatic heterocycles. The van der Waals surface area contributed by atoms with Gasteiger partial charge in [-0.2, -0.15) is 0 Å². The second-order valence-electron chi connectivity index (χ2n) is 5.58. The molecule has 1 fully saturated rings. The summed E-state index contributed by atoms with van der Waals surface area (Å²) in [5, 5.41) is 0.512. The van der Waals surface area contributed by atoms with Crippen LogP contribution in [0.3, 0.4) is 0 Å². The normalized spacial score (nSPS) is 35.4. The number of methoxy groups -OCH3 is 1. The van der Waals surface area contributed by atoms with Crippen LogP contribution in [0.25, 0.3) is 0 Å². The van der Waals surface area contributed by atoms with Gasteiger partial charge in [0.15, 0.2) is 5.17 Å². The second kappa shape index (κ2) is 4.71. The summed E-state index contributed by atoms with van der Waals surface area (Å²) < 4.78 is 20.4. The first-order valence-electron chi connectivity index (χ1n) is 6.40. The summed E-state index contributed by atoms with van der Waals surface area (Å²) >= 11 is 4.97. The molecule has 1 heterocycles. The number of hydrogen-bond donors (Lipinski definition) is 1. The minimum absolute atomic E-state index is 0.0515. The predicted molar refractivity (Wildman–Crippen MR) is 83.4 cm³/mol. The van der Waals surface area contributed by atoms with Gasteiger partial charge < -0.3 is 10.5 Å². The van der Waals surface area contributed by atoms with E-state index < -0.39 is 5.54 Å². The van der Waals surface area contributed by atoms with Crippen molar-refractivity contribution in [1.82, 2.24) is 0 Å². The van der Waals surface area contributed by atoms with Crippen LogP contribution >= 0.6 is 27.7 Å². The van der Waals surface area contributed by atoms with Gasteiger partial charge in [0.25, 0.3) is 0 Å². The number of rotatable bonds is 3. The Labute approximate surface area is 130 Å². The number of fused-ring (bicyclic) bond motifs is 1. The van der Waals surface area contributed by atoms with Crippen LogP contribution in [-0.2, 0) is 10.3 Å². The molecule has 6 heteroatoms. The minimum atomic E-state index is -0.623. The standard InChI is InChI=1S/C14H16BrFN2OS/c1-13(9-5-8(15)3-4-10(9)16)11-6-14(11,7-19-2)20-12(17)18-13/h3-5,11H,6-7H2,1-2H3,(H2,17,18)/t11?,13-,14-/m1/s1. The van der Waals surface area contributed by atoms with Gasteiger partial charge in [0.1, 0.15) is 5.82 Å². The Bertz CT molecular complexity index is 597. The van der Waals surface area contributed by atoms with Crippen molar-refractivity contribution in [2.45, 2.75) is 23.6 Å². The molecule has 0 radical (unpaired) electrons. The van der Waals surface area contributed by atoms with Crippen LogP contribution < -0.4 is 5.73 Å². The second-order valence-corrected chi connectivity index (χ2v) is 7.93. The van der Waals surface area contributed by atoms with Crippen molar-refractivity contribution >= 4 is 32.9 Å². The quantitative estimate of drug-likeness (QED) is 0.901. The molecule has 0 amide bonds. The van der Waals surface area contributed by atoms with E-state index in [9.17, 15) is 4.39 Å². The number of amidine groups is 1. The van der Waals surface area contributed by atoms with Crippen molar-refractivity contribution in [2.75, 3.05) is 13.7 Å². The molecular formula is C14H16BrFN2OS. The molecule has 1 aromatic carbocycles. The highest BCUT2D eigenvalue weighted by Gasteiger charge is 2.66. The zero-order valence-corrected chi connectivity index (χ0v) is 13.7. The van der Waals surface area contributed by atoms with Crippen molar-refractivity contribution in [3.05, 3.63) is 34.1 Å². The fraction of sp³-hybridized carbons (Fsp3) is 0.500. The van der Waals surface area contributed by atoms with Crippen LogP contribution in [0.4, 0.5) is 4.39 Å². The average molecular weight is 359 g/mol. The molecule has 108 valence electrons. The first-order chi connectivity index (χ1) is 9.41. The third-order valence-electron chi connectivity index (χ3n) is 4.22. The molecule has 3 atom stereocenters. The van der Waals surface area contributed by atoms with Gasteiger partial charge in [-0.05, 0) is 31.5 Å². The maximum absolute atomic E-state index is 14.3. The third kappa shape index (κ3) is 2.09. The molecule has 20 heavy (non-hydrogen) atoms. The Morgan fingerprint density at radius 3 is 3.05 bits per heavy atom. The van der Waals surface area contributed by atoms with Gasteiger partial charge in [0.05, 0.1) is 16.9 Å². The monoisotopic (exact) mass is 358 g/mol. The molecule has 2 aliphatic rings. The van der Waals surface area contributed by atoms with Crippen LogP contribution in [0, 0.1) is 11.7 Å². The highest BCUT2D eigenvalue weighted by atomic mass is 79.9. The summed E-state index contributed by atoms with van der Waals surface area (Å²) in [7, 11) is 1.68. The molecule has 2 N–H and O–H groups in total. The van der Waals surface area contributed by atoms with Crippen molar-refractivity contribution in [3.63, 3.8) is 0 Å². The van der Waals surface area contributed by atoms with E-state index in [0.717, 1.165) is 10.9 Å². The van der Waals surface area contributed by atoms with Gasteiger partial charge in [0.2, 0.25) is 0 Å². The molecule has 1 aliphatic carbocycles. The van der Waals surface area contributed by atoms with Gasteiger partial charge in [-0.1, -0.05) is 27.7 Å². The van der Waals surface area contributed by atoms with Gasteiger partial charge in [-0.3, -0.25) is 4.99 Å².